The van der Waals surface area contributed by atoms with Gasteiger partial charge >= 0.3 is 0 Å². The van der Waals surface area contributed by atoms with Crippen LogP contribution in [0.4, 0.5) is 0 Å². The van der Waals surface area contributed by atoms with Crippen molar-refractivity contribution in [3.8, 4) is 0 Å². The molecule has 0 unspecified atom stereocenters. The Morgan fingerprint density at radius 2 is 2.18 bits per heavy atom. The molecule has 0 amide bonds. The van der Waals surface area contributed by atoms with E-state index in [1.54, 1.807) is 11.8 Å². The third-order valence-electron chi connectivity index (χ3n) is 2.24. The van der Waals surface area contributed by atoms with Gasteiger partial charge in [-0.15, -0.1) is 11.8 Å². The summed E-state index contributed by atoms with van der Waals surface area (Å²) in [5.74, 6) is 1.36. The van der Waals surface area contributed by atoms with Crippen molar-refractivity contribution >= 4 is 23.4 Å². The molecular formula is C13H20ClNOS. The Bertz CT molecular complexity index is 344. The predicted molar refractivity (Wildman–Crippen MR) is 75.8 cm³/mol. The standard InChI is InChI=1S/C13H20ClNOS/c1-10(2)8-15-9-11-7-12(14)3-4-13(11)17-6-5-16/h3-4,7,10,15-16H,5-6,8-9H2,1-2H3. The molecule has 0 spiro atoms. The number of nitrogens with one attached hydrogen (secondary N) is 1. The molecule has 96 valence electrons. The lowest BCUT2D eigenvalue weighted by Crippen LogP contribution is -2.19. The first-order valence-corrected chi connectivity index (χ1v) is 7.22. The van der Waals surface area contributed by atoms with Gasteiger partial charge in [0.25, 0.3) is 0 Å². The van der Waals surface area contributed by atoms with Crippen LogP contribution in [0.1, 0.15) is 19.4 Å². The lowest BCUT2D eigenvalue weighted by atomic mass is 10.2. The van der Waals surface area contributed by atoms with Gasteiger partial charge in [-0.1, -0.05) is 25.4 Å². The largest absolute Gasteiger partial charge is 0.396 e. The van der Waals surface area contributed by atoms with Crippen molar-refractivity contribution in [1.29, 1.82) is 0 Å². The van der Waals surface area contributed by atoms with E-state index in [1.165, 1.54) is 10.5 Å². The zero-order valence-corrected chi connectivity index (χ0v) is 11.9. The second-order valence-electron chi connectivity index (χ2n) is 4.35. The van der Waals surface area contributed by atoms with Crippen molar-refractivity contribution < 1.29 is 5.11 Å². The molecule has 0 aromatic heterocycles. The minimum atomic E-state index is 0.201. The van der Waals surface area contributed by atoms with E-state index in [0.717, 1.165) is 23.9 Å². The van der Waals surface area contributed by atoms with Crippen molar-refractivity contribution in [2.24, 2.45) is 5.92 Å². The van der Waals surface area contributed by atoms with E-state index in [4.69, 9.17) is 16.7 Å². The molecule has 2 N–H and O–H groups in total. The molecule has 0 heterocycles. The highest BCUT2D eigenvalue weighted by Crippen LogP contribution is 2.25. The van der Waals surface area contributed by atoms with Gasteiger partial charge in [-0.25, -0.2) is 0 Å². The topological polar surface area (TPSA) is 32.3 Å². The van der Waals surface area contributed by atoms with Gasteiger partial charge < -0.3 is 10.4 Å². The SMILES string of the molecule is CC(C)CNCc1cc(Cl)ccc1SCCO. The third kappa shape index (κ3) is 5.77. The van der Waals surface area contributed by atoms with Crippen molar-refractivity contribution in [2.45, 2.75) is 25.3 Å². The quantitative estimate of drug-likeness (QED) is 0.749. The van der Waals surface area contributed by atoms with Gasteiger partial charge in [0.1, 0.15) is 0 Å². The maximum absolute atomic E-state index is 8.86. The van der Waals surface area contributed by atoms with Crippen LogP contribution < -0.4 is 5.32 Å². The molecule has 0 fully saturated rings. The first-order chi connectivity index (χ1) is 8.13. The van der Waals surface area contributed by atoms with Gasteiger partial charge in [0, 0.05) is 22.2 Å². The summed E-state index contributed by atoms with van der Waals surface area (Å²) >= 11 is 7.67. The molecule has 0 atom stereocenters. The molecule has 0 radical (unpaired) electrons. The second kappa shape index (κ2) is 7.98. The molecular weight excluding hydrogens is 254 g/mol. The van der Waals surface area contributed by atoms with Gasteiger partial charge in [0.2, 0.25) is 0 Å². The lowest BCUT2D eigenvalue weighted by Gasteiger charge is -2.11. The molecule has 0 aliphatic carbocycles. The first-order valence-electron chi connectivity index (χ1n) is 5.86. The van der Waals surface area contributed by atoms with Crippen molar-refractivity contribution in [2.75, 3.05) is 18.9 Å². The van der Waals surface area contributed by atoms with Crippen molar-refractivity contribution in [1.82, 2.24) is 5.32 Å². The molecule has 1 aromatic carbocycles. The summed E-state index contributed by atoms with van der Waals surface area (Å²) in [6.07, 6.45) is 0. The van der Waals surface area contributed by atoms with E-state index < -0.39 is 0 Å². The zero-order chi connectivity index (χ0) is 12.7. The fourth-order valence-corrected chi connectivity index (χ4v) is 2.46. The Labute approximate surface area is 113 Å². The van der Waals surface area contributed by atoms with E-state index in [2.05, 4.69) is 19.2 Å². The molecule has 0 saturated carbocycles. The monoisotopic (exact) mass is 273 g/mol. The number of hydrogen-bond acceptors (Lipinski definition) is 3. The molecule has 0 bridgehead atoms. The Morgan fingerprint density at radius 3 is 2.82 bits per heavy atom. The van der Waals surface area contributed by atoms with Crippen LogP contribution in [-0.4, -0.2) is 24.0 Å². The second-order valence-corrected chi connectivity index (χ2v) is 5.92. The lowest BCUT2D eigenvalue weighted by molar-refractivity contribution is 0.322. The molecule has 0 saturated heterocycles. The van der Waals surface area contributed by atoms with Gasteiger partial charge in [-0.2, -0.15) is 0 Å². The summed E-state index contributed by atoms with van der Waals surface area (Å²) in [5.41, 5.74) is 1.21. The fourth-order valence-electron chi connectivity index (χ4n) is 1.48. The summed E-state index contributed by atoms with van der Waals surface area (Å²) in [5, 5.41) is 13.0. The average Bonchev–Trinajstić information content (AvgIpc) is 2.27. The molecule has 0 aliphatic rings. The van der Waals surface area contributed by atoms with Crippen LogP contribution in [0, 0.1) is 5.92 Å². The van der Waals surface area contributed by atoms with E-state index in [9.17, 15) is 0 Å². The van der Waals surface area contributed by atoms with Crippen LogP contribution in [0.25, 0.3) is 0 Å². The number of halogens is 1. The maximum Gasteiger partial charge on any atom is 0.0525 e. The summed E-state index contributed by atoms with van der Waals surface area (Å²) in [7, 11) is 0. The fraction of sp³-hybridized carbons (Fsp3) is 0.538. The highest BCUT2D eigenvalue weighted by atomic mass is 35.5. The number of benzene rings is 1. The van der Waals surface area contributed by atoms with E-state index in [0.29, 0.717) is 5.92 Å². The average molecular weight is 274 g/mol. The third-order valence-corrected chi connectivity index (χ3v) is 3.57. The molecule has 1 aromatic rings. The molecule has 2 nitrogen and oxygen atoms in total. The summed E-state index contributed by atoms with van der Waals surface area (Å²) in [4.78, 5) is 1.19. The van der Waals surface area contributed by atoms with Gasteiger partial charge in [0.15, 0.2) is 0 Å². The predicted octanol–water partition coefficient (Wildman–Crippen LogP) is 3.17. The number of thioether (sulfide) groups is 1. The minimum Gasteiger partial charge on any atom is -0.396 e. The number of aliphatic hydroxyl groups excluding tert-OH is 1. The van der Waals surface area contributed by atoms with Crippen LogP contribution in [-0.2, 0) is 6.54 Å². The molecule has 4 heteroatoms. The highest BCUT2D eigenvalue weighted by molar-refractivity contribution is 7.99. The van der Waals surface area contributed by atoms with Crippen LogP contribution in [0.3, 0.4) is 0 Å². The Hall–Kier alpha value is -0.220. The van der Waals surface area contributed by atoms with Crippen molar-refractivity contribution in [3.63, 3.8) is 0 Å². The molecule has 1 rings (SSSR count). The Balaban J connectivity index is 2.62. The number of aliphatic hydroxyl groups is 1. The zero-order valence-electron chi connectivity index (χ0n) is 10.4. The highest BCUT2D eigenvalue weighted by Gasteiger charge is 2.04. The van der Waals surface area contributed by atoms with Crippen LogP contribution in [0.15, 0.2) is 23.1 Å². The Morgan fingerprint density at radius 1 is 1.41 bits per heavy atom. The van der Waals surface area contributed by atoms with E-state index >= 15 is 0 Å². The first kappa shape index (κ1) is 14.8. The smallest absolute Gasteiger partial charge is 0.0525 e. The van der Waals surface area contributed by atoms with E-state index in [-0.39, 0.29) is 6.61 Å². The number of hydrogen-bond donors (Lipinski definition) is 2. The van der Waals surface area contributed by atoms with Gasteiger partial charge in [-0.3, -0.25) is 0 Å². The van der Waals surface area contributed by atoms with Crippen molar-refractivity contribution in [3.05, 3.63) is 28.8 Å². The van der Waals surface area contributed by atoms with Gasteiger partial charge in [-0.05, 0) is 36.2 Å². The minimum absolute atomic E-state index is 0.201. The van der Waals surface area contributed by atoms with Crippen LogP contribution in [0.5, 0.6) is 0 Å². The maximum atomic E-state index is 8.86. The summed E-state index contributed by atoms with van der Waals surface area (Å²) in [6, 6.07) is 5.91. The normalized spacial score (nSPS) is 11.1. The van der Waals surface area contributed by atoms with E-state index in [1.807, 2.05) is 18.2 Å². The number of rotatable bonds is 7. The molecule has 17 heavy (non-hydrogen) atoms. The summed E-state index contributed by atoms with van der Waals surface area (Å²) in [6.45, 7) is 6.40. The van der Waals surface area contributed by atoms with Gasteiger partial charge in [0.05, 0.1) is 6.61 Å². The summed E-state index contributed by atoms with van der Waals surface area (Å²) < 4.78 is 0. The Kier molecular flexibility index (Phi) is 6.97. The van der Waals surface area contributed by atoms with Crippen LogP contribution in [0.2, 0.25) is 5.02 Å². The molecule has 0 aliphatic heterocycles. The van der Waals surface area contributed by atoms with Crippen LogP contribution >= 0.6 is 23.4 Å².